The van der Waals surface area contributed by atoms with Gasteiger partial charge in [0.15, 0.2) is 5.78 Å². The van der Waals surface area contributed by atoms with Crippen molar-refractivity contribution in [2.45, 2.75) is 6.54 Å². The number of nitrogens with two attached hydrogens (primary N) is 1. The zero-order valence-corrected chi connectivity index (χ0v) is 10.5. The predicted octanol–water partition coefficient (Wildman–Crippen LogP) is 2.15. The van der Waals surface area contributed by atoms with Crippen molar-refractivity contribution in [3.05, 3.63) is 59.7 Å². The van der Waals surface area contributed by atoms with E-state index in [2.05, 4.69) is 5.32 Å². The van der Waals surface area contributed by atoms with Gasteiger partial charge in [-0.25, -0.2) is 0 Å². The van der Waals surface area contributed by atoms with Crippen LogP contribution in [0.5, 0.6) is 5.75 Å². The Bertz CT molecular complexity index is 582. The fraction of sp³-hybridized carbons (Fsp3) is 0.133. The number of ketones is 1. The number of Topliss-reactive ketones (excluding diaryl/α,β-unsaturated/α-hetero) is 1. The van der Waals surface area contributed by atoms with Crippen molar-refractivity contribution < 1.29 is 9.90 Å². The van der Waals surface area contributed by atoms with Gasteiger partial charge in [0.25, 0.3) is 0 Å². The Balaban J connectivity index is 2.08. The lowest BCUT2D eigenvalue weighted by atomic mass is 10.1. The Morgan fingerprint density at radius 2 is 1.95 bits per heavy atom. The van der Waals surface area contributed by atoms with Gasteiger partial charge in [0, 0.05) is 23.4 Å². The Morgan fingerprint density at radius 1 is 1.16 bits per heavy atom. The van der Waals surface area contributed by atoms with Gasteiger partial charge in [0.05, 0.1) is 6.54 Å². The van der Waals surface area contributed by atoms with Gasteiger partial charge in [-0.3, -0.25) is 4.79 Å². The number of carbonyl (C=O) groups is 1. The maximum atomic E-state index is 11.5. The van der Waals surface area contributed by atoms with Crippen molar-refractivity contribution in [1.29, 1.82) is 0 Å². The van der Waals surface area contributed by atoms with Crippen molar-refractivity contribution in [3.8, 4) is 5.75 Å². The van der Waals surface area contributed by atoms with Gasteiger partial charge < -0.3 is 16.2 Å². The van der Waals surface area contributed by atoms with E-state index in [1.807, 2.05) is 18.2 Å². The standard InChI is InChI=1S/C15H16N2O2/c16-9-15(19)11-5-3-6-13(8-11)17-10-12-4-1-2-7-14(12)18/h1-8,17-18H,9-10,16H2. The Kier molecular flexibility index (Phi) is 4.15. The van der Waals surface area contributed by atoms with E-state index in [1.165, 1.54) is 0 Å². The maximum absolute atomic E-state index is 11.5. The molecule has 0 saturated heterocycles. The molecule has 2 aromatic carbocycles. The maximum Gasteiger partial charge on any atom is 0.176 e. The summed E-state index contributed by atoms with van der Waals surface area (Å²) in [6.45, 7) is 0.496. The van der Waals surface area contributed by atoms with Crippen LogP contribution in [-0.2, 0) is 6.54 Å². The summed E-state index contributed by atoms with van der Waals surface area (Å²) in [6, 6.07) is 14.3. The Hall–Kier alpha value is -2.33. The zero-order chi connectivity index (χ0) is 13.7. The molecule has 0 aliphatic heterocycles. The topological polar surface area (TPSA) is 75.4 Å². The molecule has 4 nitrogen and oxygen atoms in total. The van der Waals surface area contributed by atoms with Crippen molar-refractivity contribution in [3.63, 3.8) is 0 Å². The van der Waals surface area contributed by atoms with Crippen LogP contribution in [0, 0.1) is 0 Å². The van der Waals surface area contributed by atoms with Gasteiger partial charge in [-0.1, -0.05) is 30.3 Å². The number of rotatable bonds is 5. The van der Waals surface area contributed by atoms with E-state index in [-0.39, 0.29) is 18.1 Å². The summed E-state index contributed by atoms with van der Waals surface area (Å²) in [5, 5.41) is 12.8. The van der Waals surface area contributed by atoms with Crippen LogP contribution < -0.4 is 11.1 Å². The molecule has 0 aliphatic carbocycles. The number of benzene rings is 2. The van der Waals surface area contributed by atoms with Crippen molar-refractivity contribution in [2.24, 2.45) is 5.73 Å². The number of phenolic OH excluding ortho intramolecular Hbond substituents is 1. The van der Waals surface area contributed by atoms with Gasteiger partial charge >= 0.3 is 0 Å². The molecule has 98 valence electrons. The molecule has 0 unspecified atom stereocenters. The smallest absolute Gasteiger partial charge is 0.176 e. The average molecular weight is 256 g/mol. The highest BCUT2D eigenvalue weighted by Gasteiger charge is 2.04. The average Bonchev–Trinajstić information content (AvgIpc) is 2.46. The second-order valence-corrected chi connectivity index (χ2v) is 4.19. The lowest BCUT2D eigenvalue weighted by molar-refractivity contribution is 0.100. The Labute approximate surface area is 111 Å². The summed E-state index contributed by atoms with van der Waals surface area (Å²) in [5.74, 6) is 0.162. The highest BCUT2D eigenvalue weighted by molar-refractivity contribution is 5.98. The first-order valence-corrected chi connectivity index (χ1v) is 6.05. The lowest BCUT2D eigenvalue weighted by Gasteiger charge is -2.09. The SMILES string of the molecule is NCC(=O)c1cccc(NCc2ccccc2O)c1. The number of hydrogen-bond acceptors (Lipinski definition) is 4. The first-order valence-electron chi connectivity index (χ1n) is 6.05. The first-order chi connectivity index (χ1) is 9.20. The molecule has 4 N–H and O–H groups in total. The van der Waals surface area contributed by atoms with Gasteiger partial charge in [0.2, 0.25) is 0 Å². The van der Waals surface area contributed by atoms with E-state index in [4.69, 9.17) is 5.73 Å². The fourth-order valence-electron chi connectivity index (χ4n) is 1.78. The molecule has 0 aliphatic rings. The minimum Gasteiger partial charge on any atom is -0.508 e. The highest BCUT2D eigenvalue weighted by Crippen LogP contribution is 2.18. The molecule has 2 rings (SSSR count). The molecule has 0 fully saturated rings. The van der Waals surface area contributed by atoms with Crippen molar-refractivity contribution in [1.82, 2.24) is 0 Å². The van der Waals surface area contributed by atoms with E-state index in [0.29, 0.717) is 12.1 Å². The summed E-state index contributed by atoms with van der Waals surface area (Å²) < 4.78 is 0. The number of nitrogens with one attached hydrogen (secondary N) is 1. The van der Waals surface area contributed by atoms with E-state index in [9.17, 15) is 9.90 Å². The van der Waals surface area contributed by atoms with Gasteiger partial charge in [-0.05, 0) is 18.2 Å². The van der Waals surface area contributed by atoms with Crippen LogP contribution in [0.25, 0.3) is 0 Å². The number of para-hydroxylation sites is 1. The highest BCUT2D eigenvalue weighted by atomic mass is 16.3. The van der Waals surface area contributed by atoms with Gasteiger partial charge in [-0.2, -0.15) is 0 Å². The minimum atomic E-state index is -0.0915. The third-order valence-electron chi connectivity index (χ3n) is 2.84. The predicted molar refractivity (Wildman–Crippen MR) is 75.3 cm³/mol. The first kappa shape index (κ1) is 13.1. The minimum absolute atomic E-state index is 0.00290. The molecule has 0 atom stereocenters. The normalized spacial score (nSPS) is 10.2. The van der Waals surface area contributed by atoms with Crippen LogP contribution in [0.3, 0.4) is 0 Å². The molecular weight excluding hydrogens is 240 g/mol. The molecular formula is C15H16N2O2. The van der Waals surface area contributed by atoms with Crippen LogP contribution >= 0.6 is 0 Å². The molecule has 0 radical (unpaired) electrons. The second-order valence-electron chi connectivity index (χ2n) is 4.19. The number of carbonyl (C=O) groups excluding carboxylic acids is 1. The molecule has 0 spiro atoms. The monoisotopic (exact) mass is 256 g/mol. The van der Waals surface area contributed by atoms with Crippen molar-refractivity contribution >= 4 is 11.5 Å². The summed E-state index contributed by atoms with van der Waals surface area (Å²) in [4.78, 5) is 11.5. The summed E-state index contributed by atoms with van der Waals surface area (Å²) in [5.41, 5.74) is 7.55. The van der Waals surface area contributed by atoms with E-state index >= 15 is 0 Å². The lowest BCUT2D eigenvalue weighted by Crippen LogP contribution is -2.13. The molecule has 0 bridgehead atoms. The summed E-state index contributed by atoms with van der Waals surface area (Å²) in [7, 11) is 0. The van der Waals surface area contributed by atoms with Crippen molar-refractivity contribution in [2.75, 3.05) is 11.9 Å². The summed E-state index contributed by atoms with van der Waals surface area (Å²) >= 11 is 0. The number of aromatic hydroxyl groups is 1. The number of hydrogen-bond donors (Lipinski definition) is 3. The third-order valence-corrected chi connectivity index (χ3v) is 2.84. The molecule has 19 heavy (non-hydrogen) atoms. The molecule has 0 saturated carbocycles. The van der Waals surface area contributed by atoms with Crippen LogP contribution in [0.1, 0.15) is 15.9 Å². The van der Waals surface area contributed by atoms with Crippen LogP contribution in [0.2, 0.25) is 0 Å². The number of phenols is 1. The third kappa shape index (κ3) is 3.33. The molecule has 0 aromatic heterocycles. The molecule has 0 heterocycles. The molecule has 2 aromatic rings. The van der Waals surface area contributed by atoms with E-state index in [0.717, 1.165) is 11.3 Å². The second kappa shape index (κ2) is 6.02. The largest absolute Gasteiger partial charge is 0.508 e. The van der Waals surface area contributed by atoms with Crippen LogP contribution in [0.15, 0.2) is 48.5 Å². The van der Waals surface area contributed by atoms with Crippen LogP contribution in [-0.4, -0.2) is 17.4 Å². The van der Waals surface area contributed by atoms with Gasteiger partial charge in [-0.15, -0.1) is 0 Å². The van der Waals surface area contributed by atoms with Gasteiger partial charge in [0.1, 0.15) is 5.75 Å². The molecule has 0 amide bonds. The summed E-state index contributed by atoms with van der Waals surface area (Å²) in [6.07, 6.45) is 0. The fourth-order valence-corrected chi connectivity index (χ4v) is 1.78. The van der Waals surface area contributed by atoms with E-state index in [1.54, 1.807) is 30.3 Å². The zero-order valence-electron chi connectivity index (χ0n) is 10.5. The van der Waals surface area contributed by atoms with Crippen LogP contribution in [0.4, 0.5) is 5.69 Å². The molecule has 4 heteroatoms. The quantitative estimate of drug-likeness (QED) is 0.716. The Morgan fingerprint density at radius 3 is 2.68 bits per heavy atom. The van der Waals surface area contributed by atoms with E-state index < -0.39 is 0 Å². The number of anilines is 1.